The molecule has 0 aliphatic heterocycles. The van der Waals surface area contributed by atoms with Gasteiger partial charge < -0.3 is 16.0 Å². The summed E-state index contributed by atoms with van der Waals surface area (Å²) < 4.78 is 13.5. The lowest BCUT2D eigenvalue weighted by molar-refractivity contribution is 0.0951. The first-order chi connectivity index (χ1) is 12.7. The third kappa shape index (κ3) is 4.73. The molecule has 3 aromatic rings. The third-order valence-electron chi connectivity index (χ3n) is 3.42. The summed E-state index contributed by atoms with van der Waals surface area (Å²) in [5, 5.41) is 16.8. The molecule has 2 heterocycles. The number of anilines is 3. The number of hydrogen-bond acceptors (Lipinski definition) is 6. The van der Waals surface area contributed by atoms with E-state index in [2.05, 4.69) is 31.1 Å². The summed E-state index contributed by atoms with van der Waals surface area (Å²) in [4.78, 5) is 16.0. The van der Waals surface area contributed by atoms with E-state index in [0.29, 0.717) is 30.5 Å². The van der Waals surface area contributed by atoms with E-state index >= 15 is 0 Å². The molecule has 0 atom stereocenters. The fourth-order valence-corrected chi connectivity index (χ4v) is 2.17. The zero-order valence-electron chi connectivity index (χ0n) is 13.8. The zero-order valence-corrected chi connectivity index (χ0v) is 13.8. The van der Waals surface area contributed by atoms with Gasteiger partial charge in [0.1, 0.15) is 17.5 Å². The van der Waals surface area contributed by atoms with Crippen LogP contribution in [0.4, 0.5) is 21.8 Å². The van der Waals surface area contributed by atoms with Crippen LogP contribution < -0.4 is 16.0 Å². The van der Waals surface area contributed by atoms with E-state index in [9.17, 15) is 9.18 Å². The maximum Gasteiger partial charge on any atom is 0.254 e. The Labute approximate surface area is 149 Å². The van der Waals surface area contributed by atoms with Crippen molar-refractivity contribution < 1.29 is 9.18 Å². The Kier molecular flexibility index (Phi) is 5.66. The van der Waals surface area contributed by atoms with Gasteiger partial charge >= 0.3 is 0 Å². The molecule has 0 saturated carbocycles. The van der Waals surface area contributed by atoms with Crippen LogP contribution in [0.2, 0.25) is 0 Å². The van der Waals surface area contributed by atoms with Gasteiger partial charge in [0.25, 0.3) is 5.91 Å². The summed E-state index contributed by atoms with van der Waals surface area (Å²) in [6, 6.07) is 14.9. The highest BCUT2D eigenvalue weighted by Crippen LogP contribution is 2.11. The molecule has 3 N–H and O–H groups in total. The van der Waals surface area contributed by atoms with E-state index in [-0.39, 0.29) is 5.56 Å². The van der Waals surface area contributed by atoms with E-state index in [0.717, 1.165) is 0 Å². The molecule has 26 heavy (non-hydrogen) atoms. The Hall–Kier alpha value is -3.55. The second-order valence-electron chi connectivity index (χ2n) is 5.31. The monoisotopic (exact) mass is 352 g/mol. The first-order valence-electron chi connectivity index (χ1n) is 8.01. The van der Waals surface area contributed by atoms with Crippen LogP contribution in [0.3, 0.4) is 0 Å². The lowest BCUT2D eigenvalue weighted by Gasteiger charge is -2.08. The van der Waals surface area contributed by atoms with E-state index < -0.39 is 11.7 Å². The van der Waals surface area contributed by atoms with Crippen molar-refractivity contribution in [3.8, 4) is 0 Å². The van der Waals surface area contributed by atoms with Crippen LogP contribution in [0.5, 0.6) is 0 Å². The second kappa shape index (κ2) is 8.52. The minimum Gasteiger partial charge on any atom is -0.367 e. The van der Waals surface area contributed by atoms with Crippen molar-refractivity contribution in [2.24, 2.45) is 0 Å². The molecule has 0 unspecified atom stereocenters. The summed E-state index contributed by atoms with van der Waals surface area (Å²) in [5.41, 5.74) is 0.0252. The van der Waals surface area contributed by atoms with Gasteiger partial charge in [0.15, 0.2) is 5.82 Å². The van der Waals surface area contributed by atoms with E-state index in [1.54, 1.807) is 30.5 Å². The van der Waals surface area contributed by atoms with Gasteiger partial charge in [-0.3, -0.25) is 4.79 Å². The Morgan fingerprint density at radius 2 is 1.65 bits per heavy atom. The number of pyridine rings is 1. The van der Waals surface area contributed by atoms with Gasteiger partial charge in [0.05, 0.1) is 5.56 Å². The Bertz CT molecular complexity index is 857. The van der Waals surface area contributed by atoms with Gasteiger partial charge in [-0.25, -0.2) is 9.37 Å². The van der Waals surface area contributed by atoms with Crippen LogP contribution >= 0.6 is 0 Å². The van der Waals surface area contributed by atoms with Crippen LogP contribution in [0.1, 0.15) is 10.4 Å². The van der Waals surface area contributed by atoms with Crippen molar-refractivity contribution in [3.05, 3.63) is 72.2 Å². The number of aromatic nitrogens is 3. The van der Waals surface area contributed by atoms with E-state index in [4.69, 9.17) is 0 Å². The largest absolute Gasteiger partial charge is 0.367 e. The molecule has 0 saturated heterocycles. The van der Waals surface area contributed by atoms with Gasteiger partial charge in [-0.05, 0) is 36.4 Å². The van der Waals surface area contributed by atoms with E-state index in [1.807, 2.05) is 18.2 Å². The number of nitrogens with one attached hydrogen (secondary N) is 3. The zero-order chi connectivity index (χ0) is 18.2. The maximum absolute atomic E-state index is 13.5. The number of hydrogen-bond donors (Lipinski definition) is 3. The summed E-state index contributed by atoms with van der Waals surface area (Å²) >= 11 is 0. The predicted molar refractivity (Wildman–Crippen MR) is 96.8 cm³/mol. The number of carbonyl (C=O) groups is 1. The number of benzene rings is 1. The van der Waals surface area contributed by atoms with Crippen LogP contribution in [0, 0.1) is 5.82 Å². The number of amides is 1. The molecule has 8 heteroatoms. The van der Waals surface area contributed by atoms with Gasteiger partial charge in [0, 0.05) is 19.3 Å². The van der Waals surface area contributed by atoms with Crippen molar-refractivity contribution >= 4 is 23.4 Å². The molecule has 2 aromatic heterocycles. The standard InChI is InChI=1S/C18H17FN6O/c19-14-6-2-1-5-13(14)18(26)22-12-11-21-16-8-9-17(25-24-16)23-15-7-3-4-10-20-15/h1-10H,11-12H2,(H,21,24)(H,22,26)(H,20,23,25). The first-order valence-corrected chi connectivity index (χ1v) is 8.01. The summed E-state index contributed by atoms with van der Waals surface area (Å²) in [5.74, 6) is 0.822. The predicted octanol–water partition coefficient (Wildman–Crippen LogP) is 2.60. The van der Waals surface area contributed by atoms with Crippen molar-refractivity contribution in [3.63, 3.8) is 0 Å². The highest BCUT2D eigenvalue weighted by molar-refractivity contribution is 5.94. The molecular formula is C18H17FN6O. The molecule has 0 bridgehead atoms. The SMILES string of the molecule is O=C(NCCNc1ccc(Nc2ccccn2)nn1)c1ccccc1F. The van der Waals surface area contributed by atoms with Crippen molar-refractivity contribution in [1.82, 2.24) is 20.5 Å². The first kappa shape index (κ1) is 17.3. The molecular weight excluding hydrogens is 335 g/mol. The molecule has 0 fully saturated rings. The third-order valence-corrected chi connectivity index (χ3v) is 3.42. The Morgan fingerprint density at radius 1 is 0.885 bits per heavy atom. The number of halogens is 1. The average Bonchev–Trinajstić information content (AvgIpc) is 2.67. The van der Waals surface area contributed by atoms with Crippen LogP contribution in [0.25, 0.3) is 0 Å². The molecule has 0 aliphatic rings. The van der Waals surface area contributed by atoms with Crippen molar-refractivity contribution in [2.75, 3.05) is 23.7 Å². The van der Waals surface area contributed by atoms with Crippen molar-refractivity contribution in [1.29, 1.82) is 0 Å². The van der Waals surface area contributed by atoms with Gasteiger partial charge in [0.2, 0.25) is 0 Å². The topological polar surface area (TPSA) is 91.8 Å². The normalized spacial score (nSPS) is 10.2. The van der Waals surface area contributed by atoms with Crippen molar-refractivity contribution in [2.45, 2.75) is 0 Å². The molecule has 0 radical (unpaired) electrons. The van der Waals surface area contributed by atoms with E-state index in [1.165, 1.54) is 12.1 Å². The Balaban J connectivity index is 1.44. The lowest BCUT2D eigenvalue weighted by atomic mass is 10.2. The number of carbonyl (C=O) groups excluding carboxylic acids is 1. The van der Waals surface area contributed by atoms with Gasteiger partial charge in [-0.2, -0.15) is 0 Å². The highest BCUT2D eigenvalue weighted by Gasteiger charge is 2.09. The molecule has 132 valence electrons. The fraction of sp³-hybridized carbons (Fsp3) is 0.111. The summed E-state index contributed by atoms with van der Waals surface area (Å²) in [6.07, 6.45) is 1.68. The molecule has 1 aromatic carbocycles. The molecule has 0 aliphatic carbocycles. The number of rotatable bonds is 7. The molecule has 1 amide bonds. The quantitative estimate of drug-likeness (QED) is 0.566. The fourth-order valence-electron chi connectivity index (χ4n) is 2.17. The summed E-state index contributed by atoms with van der Waals surface area (Å²) in [6.45, 7) is 0.755. The minimum atomic E-state index is -0.542. The molecule has 0 spiro atoms. The molecule has 3 rings (SSSR count). The molecule has 7 nitrogen and oxygen atoms in total. The van der Waals surface area contributed by atoms with Crippen LogP contribution in [-0.4, -0.2) is 34.2 Å². The number of nitrogens with zero attached hydrogens (tertiary/aromatic N) is 3. The summed E-state index contributed by atoms with van der Waals surface area (Å²) in [7, 11) is 0. The van der Waals surface area contributed by atoms with Crippen LogP contribution in [-0.2, 0) is 0 Å². The minimum absolute atomic E-state index is 0.0252. The smallest absolute Gasteiger partial charge is 0.254 e. The van der Waals surface area contributed by atoms with Crippen LogP contribution in [0.15, 0.2) is 60.8 Å². The maximum atomic E-state index is 13.5. The average molecular weight is 352 g/mol. The lowest BCUT2D eigenvalue weighted by Crippen LogP contribution is -2.29. The van der Waals surface area contributed by atoms with Gasteiger partial charge in [-0.1, -0.05) is 18.2 Å². The van der Waals surface area contributed by atoms with Gasteiger partial charge in [-0.15, -0.1) is 10.2 Å². The highest BCUT2D eigenvalue weighted by atomic mass is 19.1. The second-order valence-corrected chi connectivity index (χ2v) is 5.31. The Morgan fingerprint density at radius 3 is 2.38 bits per heavy atom.